The summed E-state index contributed by atoms with van der Waals surface area (Å²) in [6.07, 6.45) is 8.21. The lowest BCUT2D eigenvalue weighted by molar-refractivity contribution is -0.119. The van der Waals surface area contributed by atoms with Gasteiger partial charge in [0.2, 0.25) is 5.91 Å². The fourth-order valence-corrected chi connectivity index (χ4v) is 2.69. The minimum absolute atomic E-state index is 0.0153. The second-order valence-corrected chi connectivity index (χ2v) is 5.88. The molecule has 0 spiro atoms. The quantitative estimate of drug-likeness (QED) is 0.792. The van der Waals surface area contributed by atoms with Gasteiger partial charge in [-0.2, -0.15) is 0 Å². The van der Waals surface area contributed by atoms with Crippen LogP contribution >= 0.6 is 0 Å². The van der Waals surface area contributed by atoms with Crippen molar-refractivity contribution in [1.82, 2.24) is 19.9 Å². The molecule has 8 nitrogen and oxygen atoms in total. The van der Waals surface area contributed by atoms with Crippen LogP contribution < -0.4 is 15.2 Å². The summed E-state index contributed by atoms with van der Waals surface area (Å²) in [7, 11) is 0. The molecule has 0 radical (unpaired) electrons. The Bertz CT molecular complexity index is 690. The van der Waals surface area contributed by atoms with Gasteiger partial charge in [-0.15, -0.1) is 0 Å². The number of hydrogen-bond acceptors (Lipinski definition) is 7. The summed E-state index contributed by atoms with van der Waals surface area (Å²) in [5, 5.41) is 0. The largest absolute Gasteiger partial charge is 0.470 e. The van der Waals surface area contributed by atoms with Crippen LogP contribution in [0.5, 0.6) is 11.8 Å². The molecule has 1 saturated heterocycles. The number of pyridine rings is 1. The molecule has 0 aromatic carbocycles. The SMILES string of the molecule is NC(=O)CN1CCC(Oc2nccnc2OCc2cccnc2)CC1. The number of carbonyl (C=O) groups excluding carboxylic acids is 1. The minimum Gasteiger partial charge on any atom is -0.470 e. The smallest absolute Gasteiger partial charge is 0.278 e. The lowest BCUT2D eigenvalue weighted by Crippen LogP contribution is -2.42. The predicted molar refractivity (Wildman–Crippen MR) is 89.9 cm³/mol. The Morgan fingerprint density at radius 3 is 2.64 bits per heavy atom. The first-order chi connectivity index (χ1) is 12.2. The standard InChI is InChI=1S/C17H21N5O3/c18-15(23)11-22-8-3-14(4-9-22)25-17-16(20-6-7-21-17)24-12-13-2-1-5-19-10-13/h1-2,5-7,10,14H,3-4,8-9,11-12H2,(H2,18,23). The number of hydrogen-bond donors (Lipinski definition) is 1. The van der Waals surface area contributed by atoms with E-state index in [0.717, 1.165) is 31.5 Å². The average Bonchev–Trinajstić information content (AvgIpc) is 2.63. The van der Waals surface area contributed by atoms with Crippen molar-refractivity contribution < 1.29 is 14.3 Å². The monoisotopic (exact) mass is 343 g/mol. The molecule has 2 aromatic heterocycles. The molecule has 3 heterocycles. The molecule has 1 aliphatic rings. The van der Waals surface area contributed by atoms with Gasteiger partial charge < -0.3 is 15.2 Å². The third-order valence-corrected chi connectivity index (χ3v) is 3.92. The molecule has 0 bridgehead atoms. The van der Waals surface area contributed by atoms with Gasteiger partial charge in [-0.25, -0.2) is 9.97 Å². The molecule has 0 aliphatic carbocycles. The molecule has 1 fully saturated rings. The van der Waals surface area contributed by atoms with Crippen LogP contribution in [0.15, 0.2) is 36.9 Å². The molecule has 0 saturated carbocycles. The normalized spacial score (nSPS) is 15.7. The molecule has 0 atom stereocenters. The predicted octanol–water partition coefficient (Wildman–Crippen LogP) is 0.779. The van der Waals surface area contributed by atoms with Gasteiger partial charge in [0.05, 0.1) is 6.54 Å². The Kier molecular flexibility index (Phi) is 5.73. The third kappa shape index (κ3) is 5.12. The molecular weight excluding hydrogens is 322 g/mol. The number of carbonyl (C=O) groups is 1. The van der Waals surface area contributed by atoms with Crippen molar-refractivity contribution in [3.05, 3.63) is 42.5 Å². The summed E-state index contributed by atoms with van der Waals surface area (Å²) in [6.45, 7) is 2.16. The van der Waals surface area contributed by atoms with Crippen molar-refractivity contribution in [2.45, 2.75) is 25.6 Å². The van der Waals surface area contributed by atoms with E-state index in [0.29, 0.717) is 18.4 Å². The Hall–Kier alpha value is -2.74. The summed E-state index contributed by atoms with van der Waals surface area (Å²) in [6, 6.07) is 3.78. The highest BCUT2D eigenvalue weighted by molar-refractivity contribution is 5.75. The second kappa shape index (κ2) is 8.39. The van der Waals surface area contributed by atoms with Gasteiger partial charge in [-0.05, 0) is 18.9 Å². The average molecular weight is 343 g/mol. The van der Waals surface area contributed by atoms with Gasteiger partial charge in [0.15, 0.2) is 0 Å². The van der Waals surface area contributed by atoms with E-state index in [4.69, 9.17) is 15.2 Å². The van der Waals surface area contributed by atoms with Gasteiger partial charge in [-0.3, -0.25) is 14.7 Å². The van der Waals surface area contributed by atoms with E-state index in [-0.39, 0.29) is 18.6 Å². The molecule has 1 aliphatic heterocycles. The van der Waals surface area contributed by atoms with Crippen LogP contribution in [0.1, 0.15) is 18.4 Å². The Balaban J connectivity index is 1.55. The Labute approximate surface area is 146 Å². The lowest BCUT2D eigenvalue weighted by atomic mass is 10.1. The van der Waals surface area contributed by atoms with E-state index in [9.17, 15) is 4.79 Å². The van der Waals surface area contributed by atoms with Crippen LogP contribution in [0, 0.1) is 0 Å². The second-order valence-electron chi connectivity index (χ2n) is 5.88. The van der Waals surface area contributed by atoms with E-state index in [1.165, 1.54) is 0 Å². The van der Waals surface area contributed by atoms with Gasteiger partial charge in [-0.1, -0.05) is 6.07 Å². The molecule has 25 heavy (non-hydrogen) atoms. The number of aromatic nitrogens is 3. The highest BCUT2D eigenvalue weighted by atomic mass is 16.5. The first kappa shape index (κ1) is 17.1. The van der Waals surface area contributed by atoms with E-state index in [1.54, 1.807) is 24.8 Å². The van der Waals surface area contributed by atoms with Crippen molar-refractivity contribution in [1.29, 1.82) is 0 Å². The fourth-order valence-electron chi connectivity index (χ4n) is 2.69. The first-order valence-corrected chi connectivity index (χ1v) is 8.21. The number of piperidine rings is 1. The zero-order valence-electron chi connectivity index (χ0n) is 13.9. The van der Waals surface area contributed by atoms with Crippen LogP contribution in [-0.4, -0.2) is 51.5 Å². The van der Waals surface area contributed by atoms with Gasteiger partial charge in [0.1, 0.15) is 12.7 Å². The first-order valence-electron chi connectivity index (χ1n) is 8.21. The van der Waals surface area contributed by atoms with E-state index in [2.05, 4.69) is 15.0 Å². The summed E-state index contributed by atoms with van der Waals surface area (Å²) < 4.78 is 11.7. The van der Waals surface area contributed by atoms with Crippen LogP contribution in [0.3, 0.4) is 0 Å². The van der Waals surface area contributed by atoms with Gasteiger partial charge >= 0.3 is 0 Å². The molecule has 2 aromatic rings. The Morgan fingerprint density at radius 2 is 1.96 bits per heavy atom. The number of primary amides is 1. The van der Waals surface area contributed by atoms with Crippen LogP contribution in [0.25, 0.3) is 0 Å². The maximum Gasteiger partial charge on any atom is 0.278 e. The van der Waals surface area contributed by atoms with Crippen molar-refractivity contribution in [2.75, 3.05) is 19.6 Å². The van der Waals surface area contributed by atoms with Gasteiger partial charge in [0.25, 0.3) is 11.8 Å². The topological polar surface area (TPSA) is 103 Å². The maximum absolute atomic E-state index is 11.0. The highest BCUT2D eigenvalue weighted by Crippen LogP contribution is 2.25. The molecule has 1 amide bonds. The number of likely N-dealkylation sites (tertiary alicyclic amines) is 1. The lowest BCUT2D eigenvalue weighted by Gasteiger charge is -2.31. The number of nitrogens with zero attached hydrogens (tertiary/aromatic N) is 4. The molecule has 8 heteroatoms. The molecular formula is C17H21N5O3. The summed E-state index contributed by atoms with van der Waals surface area (Å²) in [4.78, 5) is 25.5. The summed E-state index contributed by atoms with van der Waals surface area (Å²) >= 11 is 0. The van der Waals surface area contributed by atoms with Crippen molar-refractivity contribution in [3.63, 3.8) is 0 Å². The number of nitrogens with two attached hydrogens (primary N) is 1. The van der Waals surface area contributed by atoms with Crippen LogP contribution in [0.4, 0.5) is 0 Å². The van der Waals surface area contributed by atoms with E-state index < -0.39 is 0 Å². The van der Waals surface area contributed by atoms with Crippen LogP contribution in [-0.2, 0) is 11.4 Å². The van der Waals surface area contributed by atoms with Crippen LogP contribution in [0.2, 0.25) is 0 Å². The molecule has 2 N–H and O–H groups in total. The fraction of sp³-hybridized carbons (Fsp3) is 0.412. The molecule has 0 unspecified atom stereocenters. The summed E-state index contributed by atoms with van der Waals surface area (Å²) in [5.74, 6) is 0.449. The van der Waals surface area contributed by atoms with Crippen molar-refractivity contribution >= 4 is 5.91 Å². The molecule has 132 valence electrons. The summed E-state index contributed by atoms with van der Waals surface area (Å²) in [5.41, 5.74) is 6.17. The van der Waals surface area contributed by atoms with E-state index >= 15 is 0 Å². The number of ether oxygens (including phenoxy) is 2. The third-order valence-electron chi connectivity index (χ3n) is 3.92. The molecule has 3 rings (SSSR count). The maximum atomic E-state index is 11.0. The van der Waals surface area contributed by atoms with Gasteiger partial charge in [0, 0.05) is 43.4 Å². The zero-order valence-corrected chi connectivity index (χ0v) is 13.9. The van der Waals surface area contributed by atoms with Crippen molar-refractivity contribution in [3.8, 4) is 11.8 Å². The Morgan fingerprint density at radius 1 is 1.20 bits per heavy atom. The minimum atomic E-state index is -0.306. The number of rotatable bonds is 7. The van der Waals surface area contributed by atoms with Crippen molar-refractivity contribution in [2.24, 2.45) is 5.73 Å². The van der Waals surface area contributed by atoms with E-state index in [1.807, 2.05) is 17.0 Å². The zero-order chi connectivity index (χ0) is 17.5. The highest BCUT2D eigenvalue weighted by Gasteiger charge is 2.23. The number of amides is 1.